The lowest BCUT2D eigenvalue weighted by atomic mass is 10.1. The van der Waals surface area contributed by atoms with E-state index in [0.29, 0.717) is 23.2 Å². The Morgan fingerprint density at radius 1 is 1.52 bits per heavy atom. The van der Waals surface area contributed by atoms with Crippen molar-refractivity contribution in [2.45, 2.75) is 6.92 Å². The zero-order valence-electron chi connectivity index (χ0n) is 11.7. The highest BCUT2D eigenvalue weighted by molar-refractivity contribution is 5.95. The molecular weight excluding hydrogens is 274 g/mol. The van der Waals surface area contributed by atoms with Crippen LogP contribution in [0.1, 0.15) is 12.5 Å². The second kappa shape index (κ2) is 6.08. The molecule has 0 aliphatic carbocycles. The molecule has 1 N–H and O–H groups in total. The molecule has 110 valence electrons. The van der Waals surface area contributed by atoms with E-state index >= 15 is 0 Å². The van der Waals surface area contributed by atoms with Gasteiger partial charge in [-0.1, -0.05) is 6.07 Å². The van der Waals surface area contributed by atoms with E-state index in [9.17, 15) is 14.9 Å². The molecule has 7 heteroatoms. The zero-order valence-corrected chi connectivity index (χ0v) is 11.7. The smallest absolute Gasteiger partial charge is 0.409 e. The Bertz CT molecular complexity index is 705. The van der Waals surface area contributed by atoms with Crippen LogP contribution < -0.4 is 4.74 Å². The van der Waals surface area contributed by atoms with Crippen molar-refractivity contribution in [2.24, 2.45) is 0 Å². The quantitative estimate of drug-likeness (QED) is 0.692. The largest absolute Gasteiger partial charge is 0.414 e. The first-order valence-electron chi connectivity index (χ1n) is 6.37. The number of amides is 1. The Morgan fingerprint density at radius 3 is 2.95 bits per heavy atom. The van der Waals surface area contributed by atoms with Crippen molar-refractivity contribution in [3.05, 3.63) is 46.3 Å². The standard InChI is InChI=1S/C14H15N3O4/c1-3-16(2)14(18)21-12-6-4-5-11-13(12)10(9-15-11)7-8-17(19)20/h4-9,15H,3H2,1-2H3/b8-7+. The van der Waals surface area contributed by atoms with Gasteiger partial charge in [0.05, 0.1) is 4.92 Å². The molecule has 1 heterocycles. The summed E-state index contributed by atoms with van der Waals surface area (Å²) < 4.78 is 5.35. The molecule has 1 aromatic heterocycles. The first kappa shape index (κ1) is 14.6. The monoisotopic (exact) mass is 289 g/mol. The Labute approximate surface area is 121 Å². The maximum atomic E-state index is 11.9. The number of rotatable bonds is 4. The Balaban J connectivity index is 2.41. The minimum Gasteiger partial charge on any atom is -0.409 e. The molecule has 1 amide bonds. The maximum Gasteiger partial charge on any atom is 0.414 e. The fraction of sp³-hybridized carbons (Fsp3) is 0.214. The molecule has 21 heavy (non-hydrogen) atoms. The third kappa shape index (κ3) is 3.19. The summed E-state index contributed by atoms with van der Waals surface area (Å²) in [5, 5.41) is 11.1. The van der Waals surface area contributed by atoms with Gasteiger partial charge in [0, 0.05) is 42.3 Å². The molecule has 0 saturated carbocycles. The summed E-state index contributed by atoms with van der Waals surface area (Å²) >= 11 is 0. The van der Waals surface area contributed by atoms with Crippen molar-refractivity contribution in [1.29, 1.82) is 0 Å². The fourth-order valence-electron chi connectivity index (χ4n) is 1.84. The lowest BCUT2D eigenvalue weighted by Crippen LogP contribution is -2.29. The highest BCUT2D eigenvalue weighted by Gasteiger charge is 2.14. The fourth-order valence-corrected chi connectivity index (χ4v) is 1.84. The van der Waals surface area contributed by atoms with Crippen molar-refractivity contribution in [2.75, 3.05) is 13.6 Å². The van der Waals surface area contributed by atoms with Gasteiger partial charge in [-0.05, 0) is 19.1 Å². The van der Waals surface area contributed by atoms with Crippen molar-refractivity contribution >= 4 is 23.1 Å². The van der Waals surface area contributed by atoms with Crippen LogP contribution in [0.2, 0.25) is 0 Å². The second-order valence-corrected chi connectivity index (χ2v) is 4.41. The molecule has 2 aromatic rings. The van der Waals surface area contributed by atoms with Gasteiger partial charge in [0.15, 0.2) is 0 Å². The number of H-pyrrole nitrogens is 1. The third-order valence-corrected chi connectivity index (χ3v) is 3.06. The average Bonchev–Trinajstić information content (AvgIpc) is 2.88. The van der Waals surface area contributed by atoms with E-state index in [1.165, 1.54) is 11.0 Å². The number of carbonyl (C=O) groups is 1. The van der Waals surface area contributed by atoms with Gasteiger partial charge in [0.25, 0.3) is 0 Å². The number of fused-ring (bicyclic) bond motifs is 1. The minimum absolute atomic E-state index is 0.363. The van der Waals surface area contributed by atoms with Gasteiger partial charge in [0.1, 0.15) is 5.75 Å². The third-order valence-electron chi connectivity index (χ3n) is 3.06. The molecule has 0 bridgehead atoms. The van der Waals surface area contributed by atoms with Crippen molar-refractivity contribution < 1.29 is 14.5 Å². The summed E-state index contributed by atoms with van der Waals surface area (Å²) in [6.45, 7) is 2.36. The van der Waals surface area contributed by atoms with Crippen molar-refractivity contribution in [3.8, 4) is 5.75 Å². The number of nitro groups is 1. The van der Waals surface area contributed by atoms with Crippen LogP contribution in [0.3, 0.4) is 0 Å². The molecule has 0 radical (unpaired) electrons. The molecule has 1 aromatic carbocycles. The molecule has 0 spiro atoms. The Kier molecular flexibility index (Phi) is 4.22. The van der Waals surface area contributed by atoms with Gasteiger partial charge >= 0.3 is 6.09 Å². The molecule has 0 atom stereocenters. The number of hydrogen-bond donors (Lipinski definition) is 1. The van der Waals surface area contributed by atoms with E-state index in [1.807, 2.05) is 6.92 Å². The maximum absolute atomic E-state index is 11.9. The number of nitrogens with zero attached hydrogens (tertiary/aromatic N) is 2. The molecule has 0 unspecified atom stereocenters. The predicted molar refractivity (Wildman–Crippen MR) is 78.7 cm³/mol. The number of aromatic amines is 1. The first-order chi connectivity index (χ1) is 10.0. The van der Waals surface area contributed by atoms with Gasteiger partial charge in [-0.2, -0.15) is 0 Å². The van der Waals surface area contributed by atoms with E-state index in [-0.39, 0.29) is 0 Å². The number of benzene rings is 1. The van der Waals surface area contributed by atoms with E-state index in [0.717, 1.165) is 11.7 Å². The Morgan fingerprint density at radius 2 is 2.29 bits per heavy atom. The molecule has 7 nitrogen and oxygen atoms in total. The minimum atomic E-state index is -0.543. The SMILES string of the molecule is CCN(C)C(=O)Oc1cccc2[nH]cc(/C=C/[N+](=O)[O-])c12. The van der Waals surface area contributed by atoms with Gasteiger partial charge in [-0.15, -0.1) is 0 Å². The molecule has 0 aliphatic rings. The van der Waals surface area contributed by atoms with Crippen molar-refractivity contribution in [3.63, 3.8) is 0 Å². The second-order valence-electron chi connectivity index (χ2n) is 4.41. The van der Waals surface area contributed by atoms with Crippen LogP contribution in [0.4, 0.5) is 4.79 Å². The summed E-state index contributed by atoms with van der Waals surface area (Å²) in [7, 11) is 1.63. The van der Waals surface area contributed by atoms with Crippen LogP contribution in [-0.2, 0) is 0 Å². The van der Waals surface area contributed by atoms with Crippen LogP contribution in [-0.4, -0.2) is 34.5 Å². The van der Waals surface area contributed by atoms with E-state index in [2.05, 4.69) is 4.98 Å². The lowest BCUT2D eigenvalue weighted by molar-refractivity contribution is -0.400. The van der Waals surface area contributed by atoms with Gasteiger partial charge in [0.2, 0.25) is 6.20 Å². The van der Waals surface area contributed by atoms with E-state index < -0.39 is 11.0 Å². The van der Waals surface area contributed by atoms with Gasteiger partial charge < -0.3 is 14.6 Å². The summed E-state index contributed by atoms with van der Waals surface area (Å²) in [5.74, 6) is 0.363. The first-order valence-corrected chi connectivity index (χ1v) is 6.37. The molecule has 0 saturated heterocycles. The summed E-state index contributed by atoms with van der Waals surface area (Å²) in [5.41, 5.74) is 1.33. The lowest BCUT2D eigenvalue weighted by Gasteiger charge is -2.14. The van der Waals surface area contributed by atoms with Crippen LogP contribution in [0, 0.1) is 10.1 Å². The molecule has 0 fully saturated rings. The molecular formula is C14H15N3O4. The summed E-state index contributed by atoms with van der Waals surface area (Å²) in [6.07, 6.45) is 3.36. The predicted octanol–water partition coefficient (Wildman–Crippen LogP) is 2.87. The van der Waals surface area contributed by atoms with Crippen LogP contribution in [0.5, 0.6) is 5.75 Å². The van der Waals surface area contributed by atoms with Crippen molar-refractivity contribution in [1.82, 2.24) is 9.88 Å². The molecule has 2 rings (SSSR count). The highest BCUT2D eigenvalue weighted by atomic mass is 16.6. The van der Waals surface area contributed by atoms with Gasteiger partial charge in [-0.3, -0.25) is 10.1 Å². The number of ether oxygens (including phenoxy) is 1. The Hall–Kier alpha value is -2.83. The number of nitrogens with one attached hydrogen (secondary N) is 1. The molecule has 0 aliphatic heterocycles. The summed E-state index contributed by atoms with van der Waals surface area (Å²) in [4.78, 5) is 26.2. The van der Waals surface area contributed by atoms with Crippen LogP contribution in [0.25, 0.3) is 17.0 Å². The van der Waals surface area contributed by atoms with E-state index in [1.54, 1.807) is 31.4 Å². The number of hydrogen-bond acceptors (Lipinski definition) is 4. The zero-order chi connectivity index (χ0) is 15.4. The number of aromatic nitrogens is 1. The normalized spacial score (nSPS) is 11.0. The highest BCUT2D eigenvalue weighted by Crippen LogP contribution is 2.30. The van der Waals surface area contributed by atoms with Crippen LogP contribution >= 0.6 is 0 Å². The average molecular weight is 289 g/mol. The van der Waals surface area contributed by atoms with E-state index in [4.69, 9.17) is 4.74 Å². The van der Waals surface area contributed by atoms with Gasteiger partial charge in [-0.25, -0.2) is 4.79 Å². The topological polar surface area (TPSA) is 88.5 Å². The van der Waals surface area contributed by atoms with Crippen LogP contribution in [0.15, 0.2) is 30.6 Å². The summed E-state index contributed by atoms with van der Waals surface area (Å²) in [6, 6.07) is 5.20. The number of carbonyl (C=O) groups excluding carboxylic acids is 1.